The first-order valence-electron chi connectivity index (χ1n) is 9.85. The maximum absolute atomic E-state index is 12.8. The van der Waals surface area contributed by atoms with Gasteiger partial charge in [0.15, 0.2) is 0 Å². The van der Waals surface area contributed by atoms with Crippen molar-refractivity contribution in [2.45, 2.75) is 32.4 Å². The number of benzene rings is 2. The van der Waals surface area contributed by atoms with Crippen LogP contribution in [0, 0.1) is 6.92 Å². The van der Waals surface area contributed by atoms with E-state index in [1.54, 1.807) is 0 Å². The van der Waals surface area contributed by atoms with Gasteiger partial charge in [0.2, 0.25) is 5.91 Å². The molecule has 1 aliphatic rings. The summed E-state index contributed by atoms with van der Waals surface area (Å²) < 4.78 is 0. The quantitative estimate of drug-likeness (QED) is 0.839. The smallest absolute Gasteiger partial charge is 0.253 e. The molecule has 1 fully saturated rings. The van der Waals surface area contributed by atoms with Gasteiger partial charge in [-0.15, -0.1) is 0 Å². The molecule has 0 saturated carbocycles. The van der Waals surface area contributed by atoms with Crippen molar-refractivity contribution >= 4 is 11.8 Å². The first-order valence-corrected chi connectivity index (χ1v) is 9.85. The zero-order chi connectivity index (χ0) is 20.1. The Morgan fingerprint density at radius 3 is 2.29 bits per heavy atom. The van der Waals surface area contributed by atoms with E-state index in [0.717, 1.165) is 42.6 Å². The zero-order valence-electron chi connectivity index (χ0n) is 16.9. The van der Waals surface area contributed by atoms with Gasteiger partial charge in [-0.05, 0) is 62.7 Å². The third kappa shape index (κ3) is 4.60. The van der Waals surface area contributed by atoms with E-state index in [-0.39, 0.29) is 17.9 Å². The summed E-state index contributed by atoms with van der Waals surface area (Å²) in [6, 6.07) is 15.2. The predicted molar refractivity (Wildman–Crippen MR) is 111 cm³/mol. The van der Waals surface area contributed by atoms with Crippen molar-refractivity contribution < 1.29 is 9.59 Å². The topological polar surface area (TPSA) is 52.7 Å². The molecule has 2 amide bonds. The van der Waals surface area contributed by atoms with Crippen molar-refractivity contribution in [3.63, 3.8) is 0 Å². The van der Waals surface area contributed by atoms with Gasteiger partial charge in [-0.2, -0.15) is 0 Å². The van der Waals surface area contributed by atoms with Crippen LogP contribution in [0.3, 0.4) is 0 Å². The molecule has 1 atom stereocenters. The summed E-state index contributed by atoms with van der Waals surface area (Å²) in [6.07, 6.45) is 2.17. The normalized spacial score (nSPS) is 14.9. The predicted octanol–water partition coefficient (Wildman–Crippen LogP) is 3.15. The molecule has 1 N–H and O–H groups in total. The highest BCUT2D eigenvalue weighted by molar-refractivity contribution is 5.94. The Labute approximate surface area is 167 Å². The largest absolute Gasteiger partial charge is 0.350 e. The van der Waals surface area contributed by atoms with E-state index in [1.807, 2.05) is 79.3 Å². The summed E-state index contributed by atoms with van der Waals surface area (Å²) in [5.41, 5.74) is 3.80. The van der Waals surface area contributed by atoms with Gasteiger partial charge in [-0.3, -0.25) is 14.5 Å². The summed E-state index contributed by atoms with van der Waals surface area (Å²) in [6.45, 7) is 4.16. The van der Waals surface area contributed by atoms with Crippen molar-refractivity contribution in [2.75, 3.05) is 27.2 Å². The highest BCUT2D eigenvalue weighted by atomic mass is 16.2. The Kier molecular flexibility index (Phi) is 6.47. The average molecular weight is 380 g/mol. The molecular formula is C23H29N3O2. The van der Waals surface area contributed by atoms with E-state index in [1.165, 1.54) is 0 Å². The number of likely N-dealkylation sites (tertiary alicyclic amines) is 1. The second-order valence-electron chi connectivity index (χ2n) is 7.64. The van der Waals surface area contributed by atoms with Crippen molar-refractivity contribution in [1.82, 2.24) is 15.1 Å². The third-order valence-corrected chi connectivity index (χ3v) is 5.31. The van der Waals surface area contributed by atoms with Crippen LogP contribution in [0.1, 0.15) is 45.9 Å². The molecule has 5 heteroatoms. The highest BCUT2D eigenvalue weighted by Gasteiger charge is 2.24. The van der Waals surface area contributed by atoms with Crippen LogP contribution in [0.5, 0.6) is 0 Å². The van der Waals surface area contributed by atoms with Crippen molar-refractivity contribution in [3.05, 3.63) is 70.8 Å². The lowest BCUT2D eigenvalue weighted by molar-refractivity contribution is -0.126. The van der Waals surface area contributed by atoms with Gasteiger partial charge in [0.1, 0.15) is 6.04 Å². The van der Waals surface area contributed by atoms with Crippen molar-refractivity contribution in [3.8, 4) is 0 Å². The molecule has 2 aromatic rings. The minimum absolute atomic E-state index is 0.0310. The molecule has 0 bridgehead atoms. The fourth-order valence-corrected chi connectivity index (χ4v) is 3.70. The fraction of sp³-hybridized carbons (Fsp3) is 0.391. The van der Waals surface area contributed by atoms with Crippen molar-refractivity contribution in [1.29, 1.82) is 0 Å². The van der Waals surface area contributed by atoms with E-state index >= 15 is 0 Å². The number of rotatable bonds is 6. The van der Waals surface area contributed by atoms with E-state index in [0.29, 0.717) is 12.1 Å². The number of carbonyl (C=O) groups is 2. The number of aryl methyl sites for hydroxylation is 1. The third-order valence-electron chi connectivity index (χ3n) is 5.31. The van der Waals surface area contributed by atoms with Crippen molar-refractivity contribution in [2.24, 2.45) is 0 Å². The van der Waals surface area contributed by atoms with Crippen LogP contribution in [0.15, 0.2) is 48.5 Å². The molecule has 148 valence electrons. The van der Waals surface area contributed by atoms with Crippen LogP contribution in [0.2, 0.25) is 0 Å². The number of amides is 2. The number of hydrogen-bond acceptors (Lipinski definition) is 3. The Morgan fingerprint density at radius 2 is 1.68 bits per heavy atom. The lowest BCUT2D eigenvalue weighted by Gasteiger charge is -2.25. The second kappa shape index (κ2) is 9.02. The minimum Gasteiger partial charge on any atom is -0.350 e. The summed E-state index contributed by atoms with van der Waals surface area (Å²) >= 11 is 0. The number of hydrogen-bond donors (Lipinski definition) is 1. The molecule has 2 aromatic carbocycles. The van der Waals surface area contributed by atoms with Crippen LogP contribution >= 0.6 is 0 Å². The second-order valence-corrected chi connectivity index (χ2v) is 7.64. The zero-order valence-corrected chi connectivity index (χ0v) is 16.9. The number of nitrogens with one attached hydrogen (secondary N) is 1. The maximum atomic E-state index is 12.8. The monoisotopic (exact) mass is 379 g/mol. The van der Waals surface area contributed by atoms with Crippen LogP contribution in [0.25, 0.3) is 0 Å². The van der Waals surface area contributed by atoms with Crippen LogP contribution < -0.4 is 5.32 Å². The molecule has 0 aromatic heterocycles. The molecular weight excluding hydrogens is 350 g/mol. The Bertz CT molecular complexity index is 824. The van der Waals surface area contributed by atoms with Gasteiger partial charge < -0.3 is 10.2 Å². The lowest BCUT2D eigenvalue weighted by Crippen LogP contribution is -2.37. The molecule has 28 heavy (non-hydrogen) atoms. The summed E-state index contributed by atoms with van der Waals surface area (Å²) in [5, 5.41) is 3.03. The molecule has 0 spiro atoms. The molecule has 1 heterocycles. The van der Waals surface area contributed by atoms with E-state index in [9.17, 15) is 9.59 Å². The van der Waals surface area contributed by atoms with E-state index in [4.69, 9.17) is 0 Å². The maximum Gasteiger partial charge on any atom is 0.253 e. The average Bonchev–Trinajstić information content (AvgIpc) is 3.22. The molecule has 1 saturated heterocycles. The molecule has 3 rings (SSSR count). The van der Waals surface area contributed by atoms with Crippen LogP contribution in [-0.2, 0) is 11.3 Å². The molecule has 0 unspecified atom stereocenters. The molecule has 0 aliphatic carbocycles. The molecule has 1 aliphatic heterocycles. The minimum atomic E-state index is -0.336. The molecule has 0 radical (unpaired) electrons. The van der Waals surface area contributed by atoms with Gasteiger partial charge in [0, 0.05) is 25.2 Å². The standard InChI is InChI=1S/C23H29N3O2/c1-17-8-4-5-9-20(17)21(25(2)3)22(27)24-16-18-10-12-19(13-11-18)23(28)26-14-6-7-15-26/h4-5,8-13,21H,6-7,14-16H2,1-3H3,(H,24,27)/t21-/m0/s1. The summed E-state index contributed by atoms with van der Waals surface area (Å²) in [7, 11) is 3.82. The number of likely N-dealkylation sites (N-methyl/N-ethyl adjacent to an activating group) is 1. The lowest BCUT2D eigenvalue weighted by atomic mass is 9.99. The SMILES string of the molecule is Cc1ccccc1[C@@H](C(=O)NCc1ccc(C(=O)N2CCCC2)cc1)N(C)C. The Balaban J connectivity index is 1.63. The Hall–Kier alpha value is -2.66. The summed E-state index contributed by atoms with van der Waals surface area (Å²) in [5.74, 6) is 0.0665. The van der Waals surface area contributed by atoms with Gasteiger partial charge in [-0.1, -0.05) is 36.4 Å². The van der Waals surface area contributed by atoms with Crippen LogP contribution in [0.4, 0.5) is 0 Å². The highest BCUT2D eigenvalue weighted by Crippen LogP contribution is 2.22. The Morgan fingerprint density at radius 1 is 1.04 bits per heavy atom. The van der Waals surface area contributed by atoms with E-state index in [2.05, 4.69) is 5.32 Å². The van der Waals surface area contributed by atoms with Gasteiger partial charge >= 0.3 is 0 Å². The first kappa shape index (κ1) is 20.1. The summed E-state index contributed by atoms with van der Waals surface area (Å²) in [4.78, 5) is 29.1. The first-order chi connectivity index (χ1) is 13.5. The van der Waals surface area contributed by atoms with Gasteiger partial charge in [0.25, 0.3) is 5.91 Å². The van der Waals surface area contributed by atoms with Gasteiger partial charge in [0.05, 0.1) is 0 Å². The number of carbonyl (C=O) groups excluding carboxylic acids is 2. The van der Waals surface area contributed by atoms with Crippen LogP contribution in [-0.4, -0.2) is 48.8 Å². The van der Waals surface area contributed by atoms with E-state index < -0.39 is 0 Å². The number of nitrogens with zero attached hydrogens (tertiary/aromatic N) is 2. The van der Waals surface area contributed by atoms with Gasteiger partial charge in [-0.25, -0.2) is 0 Å². The fourth-order valence-electron chi connectivity index (χ4n) is 3.70. The molecule has 5 nitrogen and oxygen atoms in total.